The topological polar surface area (TPSA) is 54.3 Å². The van der Waals surface area contributed by atoms with Gasteiger partial charge in [0.05, 0.1) is 11.4 Å². The molecule has 0 bridgehead atoms. The van der Waals surface area contributed by atoms with Gasteiger partial charge in [-0.25, -0.2) is 4.79 Å². The number of nitrogens with zero attached hydrogens (tertiary/aromatic N) is 3. The van der Waals surface area contributed by atoms with E-state index in [0.29, 0.717) is 19.0 Å². The molecule has 1 heterocycles. The lowest BCUT2D eigenvalue weighted by Gasteiger charge is -2.33. The van der Waals surface area contributed by atoms with E-state index in [1.165, 1.54) is 0 Å². The predicted molar refractivity (Wildman–Crippen MR) is 98.5 cm³/mol. The highest BCUT2D eigenvalue weighted by atomic mass is 16.6. The molecular formula is C18H33N3O2. The first-order valence-corrected chi connectivity index (χ1v) is 8.38. The van der Waals surface area contributed by atoms with Crippen LogP contribution in [-0.4, -0.2) is 48.2 Å². The predicted octanol–water partition coefficient (Wildman–Crippen LogP) is 4.33. The van der Waals surface area contributed by atoms with E-state index in [9.17, 15) is 4.79 Å². The molecule has 0 aromatic heterocycles. The van der Waals surface area contributed by atoms with Crippen LogP contribution in [0.2, 0.25) is 0 Å². The maximum Gasteiger partial charge on any atom is 0.410 e. The van der Waals surface area contributed by atoms with Crippen LogP contribution in [0.15, 0.2) is 22.8 Å². The van der Waals surface area contributed by atoms with Crippen LogP contribution in [0.1, 0.15) is 54.4 Å². The molecule has 0 aromatic rings. The molecular weight excluding hydrogens is 290 g/mol. The van der Waals surface area contributed by atoms with E-state index in [1.54, 1.807) is 18.1 Å². The molecule has 1 saturated heterocycles. The van der Waals surface area contributed by atoms with Crippen molar-refractivity contribution in [3.05, 3.63) is 12.8 Å². The molecule has 1 aliphatic rings. The Hall–Kier alpha value is -1.65. The van der Waals surface area contributed by atoms with Gasteiger partial charge < -0.3 is 9.64 Å². The highest BCUT2D eigenvalue weighted by molar-refractivity contribution is 6.42. The normalized spacial score (nSPS) is 17.3. The quantitative estimate of drug-likeness (QED) is 0.726. The Kier molecular flexibility index (Phi) is 9.46. The van der Waals surface area contributed by atoms with Crippen molar-refractivity contribution in [2.24, 2.45) is 15.9 Å². The summed E-state index contributed by atoms with van der Waals surface area (Å²) >= 11 is 0. The van der Waals surface area contributed by atoms with E-state index < -0.39 is 5.60 Å². The van der Waals surface area contributed by atoms with Crippen LogP contribution >= 0.6 is 0 Å². The largest absolute Gasteiger partial charge is 0.444 e. The molecule has 1 amide bonds. The number of hydrogen-bond donors (Lipinski definition) is 0. The molecule has 0 atom stereocenters. The van der Waals surface area contributed by atoms with Crippen molar-refractivity contribution in [2.75, 3.05) is 20.1 Å². The molecule has 0 spiro atoms. The van der Waals surface area contributed by atoms with E-state index in [-0.39, 0.29) is 6.09 Å². The van der Waals surface area contributed by atoms with Gasteiger partial charge in [-0.15, -0.1) is 0 Å². The summed E-state index contributed by atoms with van der Waals surface area (Å²) in [5, 5.41) is 0. The summed E-state index contributed by atoms with van der Waals surface area (Å²) < 4.78 is 5.41. The second kappa shape index (κ2) is 10.2. The molecule has 0 aliphatic carbocycles. The molecule has 0 saturated carbocycles. The highest BCUT2D eigenvalue weighted by Gasteiger charge is 2.29. The minimum Gasteiger partial charge on any atom is -0.444 e. The van der Waals surface area contributed by atoms with Crippen molar-refractivity contribution in [1.82, 2.24) is 4.90 Å². The van der Waals surface area contributed by atoms with Crippen LogP contribution in [0.3, 0.4) is 0 Å². The highest BCUT2D eigenvalue weighted by Crippen LogP contribution is 2.22. The fraction of sp³-hybridized carbons (Fsp3) is 0.722. The first-order valence-electron chi connectivity index (χ1n) is 8.38. The van der Waals surface area contributed by atoms with Gasteiger partial charge in [0, 0.05) is 32.3 Å². The van der Waals surface area contributed by atoms with Gasteiger partial charge in [-0.3, -0.25) is 9.98 Å². The number of carbonyl (C=O) groups excluding carboxylic acids is 1. The number of hydrogen-bond acceptors (Lipinski definition) is 4. The van der Waals surface area contributed by atoms with Crippen LogP contribution in [0, 0.1) is 5.92 Å². The summed E-state index contributed by atoms with van der Waals surface area (Å²) in [7, 11) is 1.77. The number of carbonyl (C=O) groups is 1. The standard InChI is InChI=1S/C16H27N3O2.C2H6/c1-7-18-14(12(2)17-6)13-8-10-19(11-9-13)15(20)21-16(3,4)5;1-2/h7,13H,1,8-11H2,2-6H3;1-2H3. The summed E-state index contributed by atoms with van der Waals surface area (Å²) in [6.45, 7) is 16.7. The number of piperidine rings is 1. The lowest BCUT2D eigenvalue weighted by atomic mass is 9.89. The molecule has 1 rings (SSSR count). The monoisotopic (exact) mass is 323 g/mol. The minimum absolute atomic E-state index is 0.232. The molecule has 0 unspecified atom stereocenters. The maximum absolute atomic E-state index is 12.0. The van der Waals surface area contributed by atoms with Crippen molar-refractivity contribution in [3.63, 3.8) is 0 Å². The summed E-state index contributed by atoms with van der Waals surface area (Å²) in [6, 6.07) is 0. The first-order chi connectivity index (χ1) is 10.8. The fourth-order valence-electron chi connectivity index (χ4n) is 2.37. The Labute approximate surface area is 141 Å². The number of likely N-dealkylation sites (tertiary alicyclic amines) is 1. The molecule has 5 nitrogen and oxygen atoms in total. The zero-order valence-electron chi connectivity index (χ0n) is 15.8. The lowest BCUT2D eigenvalue weighted by Crippen LogP contribution is -2.43. The van der Waals surface area contributed by atoms with Crippen molar-refractivity contribution >= 4 is 17.5 Å². The molecule has 23 heavy (non-hydrogen) atoms. The van der Waals surface area contributed by atoms with Crippen LogP contribution in [0.25, 0.3) is 0 Å². The van der Waals surface area contributed by atoms with Crippen LogP contribution in [0.4, 0.5) is 4.79 Å². The average Bonchev–Trinajstić information content (AvgIpc) is 2.52. The Bertz CT molecular complexity index is 440. The van der Waals surface area contributed by atoms with Gasteiger partial charge in [-0.05, 0) is 40.5 Å². The Morgan fingerprint density at radius 3 is 2.17 bits per heavy atom. The number of aliphatic imine (C=N–C) groups is 2. The minimum atomic E-state index is -0.450. The number of amides is 1. The number of ether oxygens (including phenoxy) is 1. The third-order valence-corrected chi connectivity index (χ3v) is 3.47. The van der Waals surface area contributed by atoms with Gasteiger partial charge in [-0.1, -0.05) is 20.4 Å². The SMILES string of the molecule is C=CN=C(C(C)=NC)C1CCN(C(=O)OC(C)(C)C)CC1.CC. The van der Waals surface area contributed by atoms with Crippen LogP contribution < -0.4 is 0 Å². The van der Waals surface area contributed by atoms with E-state index in [4.69, 9.17) is 4.74 Å². The third-order valence-electron chi connectivity index (χ3n) is 3.47. The van der Waals surface area contributed by atoms with Crippen molar-refractivity contribution in [2.45, 2.75) is 60.0 Å². The Morgan fingerprint density at radius 1 is 1.26 bits per heavy atom. The summed E-state index contributed by atoms with van der Waals surface area (Å²) in [5.41, 5.74) is 1.47. The van der Waals surface area contributed by atoms with Gasteiger partial charge in [0.15, 0.2) is 0 Å². The van der Waals surface area contributed by atoms with Gasteiger partial charge in [0.25, 0.3) is 0 Å². The number of rotatable bonds is 3. The Morgan fingerprint density at radius 2 is 1.78 bits per heavy atom. The molecule has 0 radical (unpaired) electrons. The van der Waals surface area contributed by atoms with Crippen LogP contribution in [-0.2, 0) is 4.74 Å². The van der Waals surface area contributed by atoms with E-state index >= 15 is 0 Å². The average molecular weight is 323 g/mol. The molecule has 1 fully saturated rings. The summed E-state index contributed by atoms with van der Waals surface area (Å²) in [4.78, 5) is 22.4. The van der Waals surface area contributed by atoms with Gasteiger partial charge in [0.2, 0.25) is 0 Å². The smallest absolute Gasteiger partial charge is 0.410 e. The summed E-state index contributed by atoms with van der Waals surface area (Å²) in [6.07, 6.45) is 3.07. The van der Waals surface area contributed by atoms with Crippen molar-refractivity contribution in [3.8, 4) is 0 Å². The maximum atomic E-state index is 12.0. The lowest BCUT2D eigenvalue weighted by molar-refractivity contribution is 0.0202. The molecule has 5 heteroatoms. The van der Waals surface area contributed by atoms with Crippen LogP contribution in [0.5, 0.6) is 0 Å². The van der Waals surface area contributed by atoms with E-state index in [0.717, 1.165) is 24.3 Å². The second-order valence-electron chi connectivity index (χ2n) is 6.25. The van der Waals surface area contributed by atoms with E-state index in [1.807, 2.05) is 41.5 Å². The second-order valence-corrected chi connectivity index (χ2v) is 6.25. The fourth-order valence-corrected chi connectivity index (χ4v) is 2.37. The molecule has 1 aliphatic heterocycles. The summed E-state index contributed by atoms with van der Waals surface area (Å²) in [5.74, 6) is 0.324. The third kappa shape index (κ3) is 7.44. The van der Waals surface area contributed by atoms with Gasteiger partial charge in [-0.2, -0.15) is 0 Å². The zero-order valence-corrected chi connectivity index (χ0v) is 15.8. The van der Waals surface area contributed by atoms with E-state index in [2.05, 4.69) is 16.6 Å². The Balaban J connectivity index is 0.00000232. The van der Waals surface area contributed by atoms with Crippen molar-refractivity contribution < 1.29 is 9.53 Å². The first kappa shape index (κ1) is 21.4. The molecule has 0 N–H and O–H groups in total. The van der Waals surface area contributed by atoms with Gasteiger partial charge in [0.1, 0.15) is 5.60 Å². The van der Waals surface area contributed by atoms with Gasteiger partial charge >= 0.3 is 6.09 Å². The van der Waals surface area contributed by atoms with Crippen molar-refractivity contribution in [1.29, 1.82) is 0 Å². The molecule has 132 valence electrons. The molecule has 0 aromatic carbocycles. The zero-order chi connectivity index (χ0) is 18.0.